The lowest BCUT2D eigenvalue weighted by molar-refractivity contribution is 0.184. The summed E-state index contributed by atoms with van der Waals surface area (Å²) in [6.07, 6.45) is 3.14. The monoisotopic (exact) mass is 530 g/mol. The molecule has 5 rings (SSSR count). The Morgan fingerprint density at radius 2 is 1.21 bits per heavy atom. The number of aryl methyl sites for hydroxylation is 2. The van der Waals surface area contributed by atoms with Crippen molar-refractivity contribution in [2.45, 2.75) is 39.7 Å². The minimum absolute atomic E-state index is 0.545. The molecular weight excluding hydrogens is 493 g/mol. The van der Waals surface area contributed by atoms with Gasteiger partial charge in [-0.3, -0.25) is 0 Å². The van der Waals surface area contributed by atoms with Crippen molar-refractivity contribution in [2.75, 3.05) is 7.11 Å². The van der Waals surface area contributed by atoms with Gasteiger partial charge in [-0.25, -0.2) is 4.98 Å². The van der Waals surface area contributed by atoms with Crippen LogP contribution in [0.3, 0.4) is 0 Å². The van der Waals surface area contributed by atoms with E-state index in [1.54, 1.807) is 7.11 Å². The SMILES string of the molecule is CCCCc1nc([P+](c2ccccc2)(c2ccccc2)c2ccccc2)cc(-c2ccc(C)cc2)c1COC. The highest BCUT2D eigenvalue weighted by Crippen LogP contribution is 2.54. The summed E-state index contributed by atoms with van der Waals surface area (Å²) in [4.78, 5) is 5.60. The molecule has 0 saturated carbocycles. The Hall–Kier alpha value is -3.58. The van der Waals surface area contributed by atoms with Crippen LogP contribution in [0.1, 0.15) is 36.6 Å². The second kappa shape index (κ2) is 12.5. The number of ether oxygens (including phenoxy) is 1. The number of pyridine rings is 1. The highest BCUT2D eigenvalue weighted by atomic mass is 31.2. The number of hydrogen-bond acceptors (Lipinski definition) is 2. The van der Waals surface area contributed by atoms with Crippen molar-refractivity contribution in [3.05, 3.63) is 138 Å². The first-order valence-corrected chi connectivity index (χ1v) is 15.6. The summed E-state index contributed by atoms with van der Waals surface area (Å²) >= 11 is 0. The summed E-state index contributed by atoms with van der Waals surface area (Å²) in [6, 6.07) is 44.3. The molecule has 0 N–H and O–H groups in total. The number of benzene rings is 4. The van der Waals surface area contributed by atoms with Crippen molar-refractivity contribution in [2.24, 2.45) is 0 Å². The molecule has 0 fully saturated rings. The highest BCUT2D eigenvalue weighted by molar-refractivity contribution is 8.01. The van der Waals surface area contributed by atoms with E-state index in [2.05, 4.69) is 135 Å². The zero-order valence-corrected chi connectivity index (χ0v) is 24.1. The third-order valence-electron chi connectivity index (χ3n) is 7.39. The van der Waals surface area contributed by atoms with Gasteiger partial charge < -0.3 is 4.74 Å². The van der Waals surface area contributed by atoms with Gasteiger partial charge in [0.2, 0.25) is 0 Å². The third kappa shape index (κ3) is 5.46. The van der Waals surface area contributed by atoms with Gasteiger partial charge in [-0.15, -0.1) is 0 Å². The fourth-order valence-corrected chi connectivity index (χ4v) is 9.57. The molecule has 196 valence electrons. The maximum atomic E-state index is 5.78. The predicted molar refractivity (Wildman–Crippen MR) is 169 cm³/mol. The molecule has 0 aliphatic carbocycles. The number of nitrogens with zero attached hydrogens (tertiary/aromatic N) is 1. The Morgan fingerprint density at radius 1 is 0.692 bits per heavy atom. The van der Waals surface area contributed by atoms with Crippen LogP contribution in [0, 0.1) is 6.92 Å². The summed E-state index contributed by atoms with van der Waals surface area (Å²) in [5.74, 6) is 0. The van der Waals surface area contributed by atoms with E-state index < -0.39 is 7.26 Å². The predicted octanol–water partition coefficient (Wildman–Crippen LogP) is 7.17. The summed E-state index contributed by atoms with van der Waals surface area (Å²) in [5, 5.41) is 3.93. The highest BCUT2D eigenvalue weighted by Gasteiger charge is 2.49. The van der Waals surface area contributed by atoms with Crippen LogP contribution in [0.15, 0.2) is 121 Å². The van der Waals surface area contributed by atoms with Gasteiger partial charge in [-0.1, -0.05) is 97.8 Å². The molecular formula is C36H37NOP+. The molecule has 0 aliphatic heterocycles. The molecule has 0 unspecified atom stereocenters. The smallest absolute Gasteiger partial charge is 0.199 e. The van der Waals surface area contributed by atoms with Crippen molar-refractivity contribution in [3.8, 4) is 11.1 Å². The number of rotatable bonds is 10. The largest absolute Gasteiger partial charge is 0.380 e. The van der Waals surface area contributed by atoms with Gasteiger partial charge in [0.1, 0.15) is 15.9 Å². The summed E-state index contributed by atoms with van der Waals surface area (Å²) in [7, 11) is -0.529. The average molecular weight is 531 g/mol. The second-order valence-corrected chi connectivity index (χ2v) is 13.4. The lowest BCUT2D eigenvalue weighted by atomic mass is 9.97. The van der Waals surface area contributed by atoms with Crippen molar-refractivity contribution in [1.82, 2.24) is 4.98 Å². The Labute approximate surface area is 234 Å². The first-order valence-electron chi connectivity index (χ1n) is 13.8. The van der Waals surface area contributed by atoms with E-state index in [-0.39, 0.29) is 0 Å². The van der Waals surface area contributed by atoms with E-state index in [4.69, 9.17) is 9.72 Å². The average Bonchev–Trinajstić information content (AvgIpc) is 2.99. The van der Waals surface area contributed by atoms with Gasteiger partial charge in [-0.05, 0) is 67.3 Å². The fraction of sp³-hybridized carbons (Fsp3) is 0.194. The molecule has 0 bridgehead atoms. The van der Waals surface area contributed by atoms with E-state index in [0.717, 1.165) is 30.4 Å². The molecule has 39 heavy (non-hydrogen) atoms. The number of unbranched alkanes of at least 4 members (excludes halogenated alkanes) is 1. The number of hydrogen-bond donors (Lipinski definition) is 0. The van der Waals surface area contributed by atoms with Crippen molar-refractivity contribution in [3.63, 3.8) is 0 Å². The van der Waals surface area contributed by atoms with Crippen LogP contribution in [-0.2, 0) is 17.8 Å². The molecule has 2 nitrogen and oxygen atoms in total. The molecule has 0 atom stereocenters. The van der Waals surface area contributed by atoms with Crippen LogP contribution in [0.4, 0.5) is 0 Å². The quantitative estimate of drug-likeness (QED) is 0.179. The summed E-state index contributed by atoms with van der Waals surface area (Å²) in [5.41, 5.74) is 7.19. The Morgan fingerprint density at radius 3 is 1.67 bits per heavy atom. The Balaban J connectivity index is 1.91. The Bertz CT molecular complexity index is 1390. The van der Waals surface area contributed by atoms with Gasteiger partial charge in [0, 0.05) is 18.7 Å². The first kappa shape index (κ1) is 27.0. The minimum atomic E-state index is -2.31. The fourth-order valence-electron chi connectivity index (χ4n) is 5.43. The topological polar surface area (TPSA) is 22.1 Å². The van der Waals surface area contributed by atoms with Crippen molar-refractivity contribution >= 4 is 28.6 Å². The molecule has 0 spiro atoms. The van der Waals surface area contributed by atoms with Crippen molar-refractivity contribution < 1.29 is 4.74 Å². The second-order valence-electron chi connectivity index (χ2n) is 10.0. The lowest BCUT2D eigenvalue weighted by Crippen LogP contribution is -2.40. The summed E-state index contributed by atoms with van der Waals surface area (Å²) in [6.45, 7) is 4.93. The van der Waals surface area contributed by atoms with Gasteiger partial charge in [0.25, 0.3) is 0 Å². The van der Waals surface area contributed by atoms with Gasteiger partial charge in [0.15, 0.2) is 12.7 Å². The van der Waals surface area contributed by atoms with Gasteiger partial charge in [0.05, 0.1) is 12.3 Å². The molecule has 0 aliphatic rings. The van der Waals surface area contributed by atoms with E-state index in [0.29, 0.717) is 6.61 Å². The Kier molecular flexibility index (Phi) is 8.67. The van der Waals surface area contributed by atoms with E-state index in [9.17, 15) is 0 Å². The molecule has 1 aromatic heterocycles. The van der Waals surface area contributed by atoms with Crippen molar-refractivity contribution in [1.29, 1.82) is 0 Å². The maximum Gasteiger partial charge on any atom is 0.199 e. The molecule has 0 radical (unpaired) electrons. The maximum absolute atomic E-state index is 5.78. The van der Waals surface area contributed by atoms with Crippen LogP contribution in [0.25, 0.3) is 11.1 Å². The lowest BCUT2D eigenvalue weighted by Gasteiger charge is -2.28. The zero-order chi connectivity index (χ0) is 27.1. The van der Waals surface area contributed by atoms with Crippen LogP contribution in [-0.4, -0.2) is 12.1 Å². The third-order valence-corrected chi connectivity index (χ3v) is 11.5. The molecule has 5 aromatic rings. The molecule has 0 saturated heterocycles. The summed E-state index contributed by atoms with van der Waals surface area (Å²) < 4.78 is 5.78. The minimum Gasteiger partial charge on any atom is -0.380 e. The number of methoxy groups -OCH3 is 1. The van der Waals surface area contributed by atoms with Crippen LogP contribution in [0.5, 0.6) is 0 Å². The molecule has 4 aromatic carbocycles. The zero-order valence-electron chi connectivity index (χ0n) is 23.2. The van der Waals surface area contributed by atoms with Gasteiger partial charge >= 0.3 is 0 Å². The van der Waals surface area contributed by atoms with Crippen LogP contribution in [0.2, 0.25) is 0 Å². The van der Waals surface area contributed by atoms with Crippen LogP contribution >= 0.6 is 7.26 Å². The normalized spacial score (nSPS) is 11.5. The molecule has 0 amide bonds. The molecule has 1 heterocycles. The number of aromatic nitrogens is 1. The molecule has 3 heteroatoms. The standard InChI is InChI=1S/C36H37NOP/c1-4-5-21-35-34(27-38-3)33(29-24-22-28(2)23-25-29)26-36(37-35)39(30-15-9-6-10-16-30,31-17-11-7-12-18-31)32-19-13-8-14-20-32/h6-20,22-26H,4-5,21,27H2,1-3H3/q+1. The van der Waals surface area contributed by atoms with Crippen LogP contribution < -0.4 is 21.3 Å². The van der Waals surface area contributed by atoms with E-state index in [1.807, 2.05) is 0 Å². The first-order chi connectivity index (χ1) is 19.2. The van der Waals surface area contributed by atoms with E-state index >= 15 is 0 Å². The van der Waals surface area contributed by atoms with Gasteiger partial charge in [-0.2, -0.15) is 0 Å². The van der Waals surface area contributed by atoms with E-state index in [1.165, 1.54) is 38.2 Å².